The first-order valence-electron chi connectivity index (χ1n) is 7.01. The molecule has 0 saturated carbocycles. The van der Waals surface area contributed by atoms with Crippen LogP contribution in [-0.4, -0.2) is 9.78 Å². The van der Waals surface area contributed by atoms with Gasteiger partial charge in [0.25, 0.3) is 0 Å². The summed E-state index contributed by atoms with van der Waals surface area (Å²) < 4.78 is 2.01. The molecule has 0 aromatic carbocycles. The van der Waals surface area contributed by atoms with Crippen LogP contribution in [0.1, 0.15) is 56.3 Å². The van der Waals surface area contributed by atoms with E-state index in [1.807, 2.05) is 16.0 Å². The molecule has 0 radical (unpaired) electrons. The summed E-state index contributed by atoms with van der Waals surface area (Å²) in [6, 6.07) is 7.32. The molecule has 2 aromatic heterocycles. The summed E-state index contributed by atoms with van der Waals surface area (Å²) in [7, 11) is 0. The smallest absolute Gasteiger partial charge is 0.0762 e. The second kappa shape index (κ2) is 6.87. The zero-order valence-electron chi connectivity index (χ0n) is 12.0. The molecule has 0 saturated heterocycles. The molecule has 0 amide bonds. The van der Waals surface area contributed by atoms with E-state index in [1.165, 1.54) is 17.7 Å². The van der Waals surface area contributed by atoms with Crippen LogP contribution in [0.5, 0.6) is 0 Å². The van der Waals surface area contributed by atoms with E-state index >= 15 is 0 Å². The Morgan fingerprint density at radius 1 is 1.37 bits per heavy atom. The van der Waals surface area contributed by atoms with Crippen LogP contribution in [0.4, 0.5) is 0 Å². The largest absolute Gasteiger partial charge is 0.303 e. The average molecular weight is 277 g/mol. The Morgan fingerprint density at radius 3 is 2.79 bits per heavy atom. The maximum absolute atomic E-state index is 4.58. The molecule has 1 N–H and O–H groups in total. The highest BCUT2D eigenvalue weighted by Gasteiger charge is 2.11. The third kappa shape index (κ3) is 3.91. The van der Waals surface area contributed by atoms with Crippen molar-refractivity contribution in [3.05, 3.63) is 40.3 Å². The first-order chi connectivity index (χ1) is 9.20. The van der Waals surface area contributed by atoms with Crippen LogP contribution < -0.4 is 5.32 Å². The van der Waals surface area contributed by atoms with Gasteiger partial charge >= 0.3 is 0 Å². The summed E-state index contributed by atoms with van der Waals surface area (Å²) in [6.45, 7) is 7.36. The minimum absolute atomic E-state index is 0.428. The fraction of sp³-hybridized carbons (Fsp3) is 0.533. The molecule has 0 fully saturated rings. The van der Waals surface area contributed by atoms with Crippen molar-refractivity contribution in [3.63, 3.8) is 0 Å². The number of rotatable bonds is 7. The molecule has 0 aliphatic carbocycles. The highest BCUT2D eigenvalue weighted by atomic mass is 32.1. The van der Waals surface area contributed by atoms with Gasteiger partial charge in [0.05, 0.1) is 5.69 Å². The van der Waals surface area contributed by atoms with E-state index < -0.39 is 0 Å². The predicted molar refractivity (Wildman–Crippen MR) is 81.4 cm³/mol. The van der Waals surface area contributed by atoms with Crippen molar-refractivity contribution in [2.45, 2.75) is 52.2 Å². The minimum Gasteiger partial charge on any atom is -0.303 e. The molecule has 2 heterocycles. The minimum atomic E-state index is 0.428. The topological polar surface area (TPSA) is 29.9 Å². The van der Waals surface area contributed by atoms with Gasteiger partial charge in [0.15, 0.2) is 0 Å². The third-order valence-electron chi connectivity index (χ3n) is 3.19. The van der Waals surface area contributed by atoms with Gasteiger partial charge in [0.2, 0.25) is 0 Å². The van der Waals surface area contributed by atoms with Crippen molar-refractivity contribution in [1.29, 1.82) is 0 Å². The van der Waals surface area contributed by atoms with Crippen LogP contribution >= 0.6 is 11.3 Å². The normalized spacial score (nSPS) is 13.1. The number of aromatic nitrogens is 2. The highest BCUT2D eigenvalue weighted by molar-refractivity contribution is 7.10. The van der Waals surface area contributed by atoms with Crippen LogP contribution in [0, 0.1) is 0 Å². The highest BCUT2D eigenvalue weighted by Crippen LogP contribution is 2.23. The summed E-state index contributed by atoms with van der Waals surface area (Å²) in [5.74, 6) is 0. The van der Waals surface area contributed by atoms with E-state index in [0.29, 0.717) is 12.1 Å². The van der Waals surface area contributed by atoms with E-state index in [1.54, 1.807) is 0 Å². The van der Waals surface area contributed by atoms with Gasteiger partial charge in [0, 0.05) is 29.7 Å². The molecule has 2 aromatic rings. The zero-order valence-corrected chi connectivity index (χ0v) is 12.8. The molecule has 4 heteroatoms. The van der Waals surface area contributed by atoms with E-state index in [9.17, 15) is 0 Å². The number of hydrogen-bond donors (Lipinski definition) is 1. The average Bonchev–Trinajstić information content (AvgIpc) is 3.05. The van der Waals surface area contributed by atoms with Crippen LogP contribution in [0.15, 0.2) is 29.8 Å². The molecule has 3 nitrogen and oxygen atoms in total. The van der Waals surface area contributed by atoms with Crippen molar-refractivity contribution in [3.8, 4) is 0 Å². The Balaban J connectivity index is 1.94. The summed E-state index contributed by atoms with van der Waals surface area (Å²) >= 11 is 1.83. The Morgan fingerprint density at radius 2 is 2.21 bits per heavy atom. The SMILES string of the molecule is CCCC(NCc1ccn(C(C)C)n1)c1cccs1. The number of hydrogen-bond acceptors (Lipinski definition) is 3. The third-order valence-corrected chi connectivity index (χ3v) is 4.17. The first kappa shape index (κ1) is 14.3. The van der Waals surface area contributed by atoms with Gasteiger partial charge in [-0.3, -0.25) is 4.68 Å². The quantitative estimate of drug-likeness (QED) is 0.823. The van der Waals surface area contributed by atoms with Crippen LogP contribution in [-0.2, 0) is 6.54 Å². The molecule has 0 aliphatic heterocycles. The van der Waals surface area contributed by atoms with Crippen molar-refractivity contribution < 1.29 is 0 Å². The Hall–Kier alpha value is -1.13. The second-order valence-electron chi connectivity index (χ2n) is 5.12. The second-order valence-corrected chi connectivity index (χ2v) is 6.10. The summed E-state index contributed by atoms with van der Waals surface area (Å²) in [4.78, 5) is 1.42. The Bertz CT molecular complexity index is 473. The van der Waals surface area contributed by atoms with E-state index in [0.717, 1.165) is 12.2 Å². The van der Waals surface area contributed by atoms with Gasteiger partial charge in [-0.1, -0.05) is 19.4 Å². The van der Waals surface area contributed by atoms with Gasteiger partial charge in [0.1, 0.15) is 0 Å². The lowest BCUT2D eigenvalue weighted by Crippen LogP contribution is -2.20. The summed E-state index contributed by atoms with van der Waals surface area (Å²) in [6.07, 6.45) is 4.42. The molecule has 0 spiro atoms. The lowest BCUT2D eigenvalue weighted by atomic mass is 10.1. The number of nitrogens with one attached hydrogen (secondary N) is 1. The van der Waals surface area contributed by atoms with Crippen molar-refractivity contribution in [2.24, 2.45) is 0 Å². The van der Waals surface area contributed by atoms with E-state index in [4.69, 9.17) is 0 Å². The molecule has 0 aliphatic rings. The molecule has 1 unspecified atom stereocenters. The molecule has 1 atom stereocenters. The summed E-state index contributed by atoms with van der Waals surface area (Å²) in [5, 5.41) is 10.4. The molecular formula is C15H23N3S. The monoisotopic (exact) mass is 277 g/mol. The van der Waals surface area contributed by atoms with Gasteiger partial charge < -0.3 is 5.32 Å². The predicted octanol–water partition coefficient (Wildman–Crippen LogP) is 4.16. The standard InChI is InChI=1S/C15H23N3S/c1-4-6-14(15-7-5-10-19-15)16-11-13-8-9-18(17-13)12(2)3/h5,7-10,12,14,16H,4,6,11H2,1-3H3. The lowest BCUT2D eigenvalue weighted by Gasteiger charge is -2.15. The van der Waals surface area contributed by atoms with Gasteiger partial charge in [-0.05, 0) is 37.8 Å². The van der Waals surface area contributed by atoms with E-state index in [-0.39, 0.29) is 0 Å². The lowest BCUT2D eigenvalue weighted by molar-refractivity contribution is 0.483. The zero-order chi connectivity index (χ0) is 13.7. The number of nitrogens with zero attached hydrogens (tertiary/aromatic N) is 2. The Kier molecular flexibility index (Phi) is 5.16. The van der Waals surface area contributed by atoms with Crippen molar-refractivity contribution in [1.82, 2.24) is 15.1 Å². The van der Waals surface area contributed by atoms with Gasteiger partial charge in [-0.25, -0.2) is 0 Å². The maximum Gasteiger partial charge on any atom is 0.0762 e. The van der Waals surface area contributed by atoms with Crippen LogP contribution in [0.2, 0.25) is 0 Å². The van der Waals surface area contributed by atoms with Crippen molar-refractivity contribution >= 4 is 11.3 Å². The van der Waals surface area contributed by atoms with Gasteiger partial charge in [-0.15, -0.1) is 11.3 Å². The first-order valence-corrected chi connectivity index (χ1v) is 7.89. The fourth-order valence-electron chi connectivity index (χ4n) is 2.11. The van der Waals surface area contributed by atoms with E-state index in [2.05, 4.69) is 61.0 Å². The molecular weight excluding hydrogens is 254 g/mol. The summed E-state index contributed by atoms with van der Waals surface area (Å²) in [5.41, 5.74) is 1.12. The Labute approximate surface area is 119 Å². The molecule has 19 heavy (non-hydrogen) atoms. The van der Waals surface area contributed by atoms with Crippen molar-refractivity contribution in [2.75, 3.05) is 0 Å². The van der Waals surface area contributed by atoms with Crippen LogP contribution in [0.3, 0.4) is 0 Å². The number of thiophene rings is 1. The fourth-order valence-corrected chi connectivity index (χ4v) is 2.95. The molecule has 2 rings (SSSR count). The maximum atomic E-state index is 4.58. The van der Waals surface area contributed by atoms with Gasteiger partial charge in [-0.2, -0.15) is 5.10 Å². The van der Waals surface area contributed by atoms with Crippen LogP contribution in [0.25, 0.3) is 0 Å². The molecule has 0 bridgehead atoms. The molecule has 104 valence electrons.